The van der Waals surface area contributed by atoms with Crippen LogP contribution in [0.5, 0.6) is 0 Å². The maximum absolute atomic E-state index is 11.3. The van der Waals surface area contributed by atoms with E-state index in [-0.39, 0.29) is 5.76 Å². The topological polar surface area (TPSA) is 57.7 Å². The van der Waals surface area contributed by atoms with Gasteiger partial charge < -0.3 is 19.2 Å². The highest BCUT2D eigenvalue weighted by Gasteiger charge is 2.19. The van der Waals surface area contributed by atoms with Gasteiger partial charge in [0.25, 0.3) is 0 Å². The molecule has 1 heterocycles. The van der Waals surface area contributed by atoms with Crippen LogP contribution >= 0.6 is 0 Å². The van der Waals surface area contributed by atoms with E-state index in [2.05, 4.69) is 13.8 Å². The molecule has 0 aliphatic heterocycles. The van der Waals surface area contributed by atoms with Crippen molar-refractivity contribution >= 4 is 16.9 Å². The summed E-state index contributed by atoms with van der Waals surface area (Å²) >= 11 is 0. The predicted octanol–water partition coefficient (Wildman–Crippen LogP) is 1.00. The molecule has 1 atom stereocenters. The van der Waals surface area contributed by atoms with Crippen LogP contribution in [0.3, 0.4) is 0 Å². The molecule has 0 aliphatic rings. The number of carboxylic acids is 1. The summed E-state index contributed by atoms with van der Waals surface area (Å²) in [6, 6.07) is 7.45. The number of benzene rings is 1. The summed E-state index contributed by atoms with van der Waals surface area (Å²) in [5.41, 5.74) is 1.38. The number of fused-ring (bicyclic) bond motifs is 1. The molecular weight excluding hydrogens is 254 g/mol. The zero-order chi connectivity index (χ0) is 14.5. The molecule has 1 N–H and O–H groups in total. The second kappa shape index (κ2) is 6.57. The van der Waals surface area contributed by atoms with Crippen LogP contribution in [0.15, 0.2) is 28.7 Å². The molecule has 20 heavy (non-hydrogen) atoms. The Morgan fingerprint density at radius 1 is 1.30 bits per heavy atom. The predicted molar refractivity (Wildman–Crippen MR) is 75.5 cm³/mol. The fourth-order valence-corrected chi connectivity index (χ4v) is 2.51. The van der Waals surface area contributed by atoms with E-state index in [0.717, 1.165) is 36.9 Å². The van der Waals surface area contributed by atoms with E-state index < -0.39 is 5.97 Å². The second-order valence-electron chi connectivity index (χ2n) is 5.08. The molecule has 0 aliphatic carbocycles. The summed E-state index contributed by atoms with van der Waals surface area (Å²) in [6.45, 7) is 6.95. The highest BCUT2D eigenvalue weighted by atomic mass is 16.4. The van der Waals surface area contributed by atoms with Crippen molar-refractivity contribution in [2.75, 3.05) is 13.1 Å². The van der Waals surface area contributed by atoms with Gasteiger partial charge in [-0.15, -0.1) is 0 Å². The lowest BCUT2D eigenvalue weighted by Crippen LogP contribution is -3.10. The summed E-state index contributed by atoms with van der Waals surface area (Å²) < 4.78 is 5.44. The Hall–Kier alpha value is -1.81. The van der Waals surface area contributed by atoms with Gasteiger partial charge >= 0.3 is 0 Å². The van der Waals surface area contributed by atoms with E-state index in [0.29, 0.717) is 12.1 Å². The third-order valence-corrected chi connectivity index (χ3v) is 3.69. The average Bonchev–Trinajstić information content (AvgIpc) is 2.82. The van der Waals surface area contributed by atoms with Crippen LogP contribution in [-0.4, -0.2) is 19.1 Å². The number of rotatable bonds is 7. The maximum atomic E-state index is 11.3. The number of nitrogens with one attached hydrogen (secondary N) is 1. The minimum absolute atomic E-state index is 0.0198. The lowest BCUT2D eigenvalue weighted by Gasteiger charge is -2.17. The Morgan fingerprint density at radius 3 is 2.70 bits per heavy atom. The Morgan fingerprint density at radius 2 is 2.05 bits per heavy atom. The van der Waals surface area contributed by atoms with Crippen LogP contribution in [0.25, 0.3) is 11.0 Å². The molecule has 2 rings (SSSR count). The molecule has 4 nitrogen and oxygen atoms in total. The Labute approximate surface area is 119 Å². The van der Waals surface area contributed by atoms with Crippen LogP contribution in [0.1, 0.15) is 42.8 Å². The average molecular weight is 275 g/mol. The van der Waals surface area contributed by atoms with Gasteiger partial charge in [0.05, 0.1) is 18.7 Å². The van der Waals surface area contributed by atoms with E-state index in [9.17, 15) is 9.90 Å². The number of hydrogen-bond donors (Lipinski definition) is 1. The number of unbranched alkanes of at least 4 members (excludes halogenated alkanes) is 1. The minimum atomic E-state index is -1.23. The first-order chi connectivity index (χ1) is 9.67. The largest absolute Gasteiger partial charge is 0.542 e. The third kappa shape index (κ3) is 3.02. The molecule has 0 spiro atoms. The van der Waals surface area contributed by atoms with Gasteiger partial charge in [0.2, 0.25) is 0 Å². The molecule has 1 unspecified atom stereocenters. The van der Waals surface area contributed by atoms with Crippen molar-refractivity contribution < 1.29 is 19.2 Å². The zero-order valence-corrected chi connectivity index (χ0v) is 12.1. The Kier molecular flexibility index (Phi) is 4.79. The molecule has 2 aromatic rings. The molecule has 0 radical (unpaired) electrons. The van der Waals surface area contributed by atoms with Crippen molar-refractivity contribution in [2.24, 2.45) is 0 Å². The summed E-state index contributed by atoms with van der Waals surface area (Å²) in [4.78, 5) is 12.6. The fourth-order valence-electron chi connectivity index (χ4n) is 2.51. The van der Waals surface area contributed by atoms with Gasteiger partial charge in [-0.2, -0.15) is 0 Å². The van der Waals surface area contributed by atoms with Crippen LogP contribution < -0.4 is 10.0 Å². The van der Waals surface area contributed by atoms with Crippen molar-refractivity contribution in [1.29, 1.82) is 0 Å². The number of furan rings is 1. The Bertz CT molecular complexity index is 588. The maximum Gasteiger partial charge on any atom is 0.159 e. The smallest absolute Gasteiger partial charge is 0.159 e. The van der Waals surface area contributed by atoms with E-state index in [1.54, 1.807) is 6.07 Å². The molecule has 0 amide bonds. The highest BCUT2D eigenvalue weighted by Crippen LogP contribution is 2.24. The lowest BCUT2D eigenvalue weighted by atomic mass is 10.1. The highest BCUT2D eigenvalue weighted by molar-refractivity contribution is 5.93. The SMILES string of the molecule is CCCC[NH+](CC)Cc1c(C(=O)[O-])oc2ccccc12. The van der Waals surface area contributed by atoms with Gasteiger partial charge in [-0.1, -0.05) is 31.5 Å². The summed E-state index contributed by atoms with van der Waals surface area (Å²) in [5, 5.41) is 12.1. The minimum Gasteiger partial charge on any atom is -0.542 e. The van der Waals surface area contributed by atoms with E-state index in [4.69, 9.17) is 4.42 Å². The van der Waals surface area contributed by atoms with Crippen LogP contribution in [0.2, 0.25) is 0 Å². The molecule has 0 saturated heterocycles. The normalized spacial score (nSPS) is 12.7. The second-order valence-corrected chi connectivity index (χ2v) is 5.08. The van der Waals surface area contributed by atoms with Gasteiger partial charge in [0.1, 0.15) is 18.1 Å². The van der Waals surface area contributed by atoms with E-state index in [1.807, 2.05) is 18.2 Å². The van der Waals surface area contributed by atoms with Crippen LogP contribution in [0.4, 0.5) is 0 Å². The fraction of sp³-hybridized carbons (Fsp3) is 0.438. The van der Waals surface area contributed by atoms with Crippen molar-refractivity contribution in [2.45, 2.75) is 33.2 Å². The molecule has 0 saturated carbocycles. The molecule has 4 heteroatoms. The molecule has 1 aromatic heterocycles. The van der Waals surface area contributed by atoms with Crippen molar-refractivity contribution in [3.63, 3.8) is 0 Å². The van der Waals surface area contributed by atoms with Gasteiger partial charge in [-0.3, -0.25) is 0 Å². The van der Waals surface area contributed by atoms with Crippen molar-refractivity contribution in [3.05, 3.63) is 35.6 Å². The first kappa shape index (κ1) is 14.6. The monoisotopic (exact) mass is 275 g/mol. The summed E-state index contributed by atoms with van der Waals surface area (Å²) in [7, 11) is 0. The van der Waals surface area contributed by atoms with Gasteiger partial charge in [-0.25, -0.2) is 0 Å². The molecule has 0 bridgehead atoms. The Balaban J connectivity index is 2.35. The number of carbonyl (C=O) groups excluding carboxylic acids is 1. The molecule has 0 fully saturated rings. The van der Waals surface area contributed by atoms with Crippen molar-refractivity contribution in [1.82, 2.24) is 0 Å². The molecule has 108 valence electrons. The summed E-state index contributed by atoms with van der Waals surface area (Å²) in [5.74, 6) is -1.25. The molecule has 1 aromatic carbocycles. The first-order valence-corrected chi connectivity index (χ1v) is 7.22. The quantitative estimate of drug-likeness (QED) is 0.820. The van der Waals surface area contributed by atoms with E-state index >= 15 is 0 Å². The number of aromatic carboxylic acids is 1. The number of quaternary nitrogens is 1. The van der Waals surface area contributed by atoms with Crippen molar-refractivity contribution in [3.8, 4) is 0 Å². The van der Waals surface area contributed by atoms with Crippen LogP contribution in [0, 0.1) is 0 Å². The number of carboxylic acid groups (broad SMARTS) is 1. The zero-order valence-electron chi connectivity index (χ0n) is 12.1. The summed E-state index contributed by atoms with van der Waals surface area (Å²) in [6.07, 6.45) is 2.28. The number of carbonyl (C=O) groups is 1. The van der Waals surface area contributed by atoms with Crippen LogP contribution in [-0.2, 0) is 6.54 Å². The van der Waals surface area contributed by atoms with Gasteiger partial charge in [0, 0.05) is 5.39 Å². The lowest BCUT2D eigenvalue weighted by molar-refractivity contribution is -0.912. The third-order valence-electron chi connectivity index (χ3n) is 3.69. The van der Waals surface area contributed by atoms with Gasteiger partial charge in [-0.05, 0) is 19.4 Å². The van der Waals surface area contributed by atoms with E-state index in [1.165, 1.54) is 4.90 Å². The number of hydrogen-bond acceptors (Lipinski definition) is 3. The van der Waals surface area contributed by atoms with Gasteiger partial charge in [0.15, 0.2) is 5.76 Å². The standard InChI is InChI=1S/C16H21NO3/c1-3-5-10-17(4-2)11-13-12-8-6-7-9-14(12)20-15(13)16(18)19/h6-9H,3-5,10-11H2,1-2H3,(H,18,19). The first-order valence-electron chi connectivity index (χ1n) is 7.22. The number of para-hydroxylation sites is 1. The molecular formula is C16H21NO3.